The van der Waals surface area contributed by atoms with E-state index in [1.54, 1.807) is 39.8 Å². The molecule has 3 atom stereocenters. The average Bonchev–Trinajstić information content (AvgIpc) is 3.26. The van der Waals surface area contributed by atoms with Crippen molar-refractivity contribution in [1.29, 1.82) is 0 Å². The van der Waals surface area contributed by atoms with Gasteiger partial charge >= 0.3 is 6.03 Å². The van der Waals surface area contributed by atoms with Crippen LogP contribution in [0, 0.1) is 25.6 Å². The van der Waals surface area contributed by atoms with Crippen molar-refractivity contribution in [3.05, 3.63) is 65.3 Å². The molecular formula is C28H34FN5O7S. The van der Waals surface area contributed by atoms with Crippen LogP contribution in [-0.4, -0.2) is 78.7 Å². The zero-order valence-electron chi connectivity index (χ0n) is 23.9. The van der Waals surface area contributed by atoms with Crippen LogP contribution < -0.4 is 15.4 Å². The molecule has 0 unspecified atom stereocenters. The molecule has 3 amide bonds. The van der Waals surface area contributed by atoms with E-state index >= 15 is 0 Å². The van der Waals surface area contributed by atoms with Gasteiger partial charge in [-0.2, -0.15) is 4.31 Å². The number of ether oxygens (including phenoxy) is 1. The zero-order valence-corrected chi connectivity index (χ0v) is 24.7. The summed E-state index contributed by atoms with van der Waals surface area (Å²) in [4.78, 5) is 28.1. The minimum absolute atomic E-state index is 0.0516. The van der Waals surface area contributed by atoms with E-state index in [9.17, 15) is 27.5 Å². The number of sulfonamides is 1. The Labute approximate surface area is 243 Å². The van der Waals surface area contributed by atoms with Gasteiger partial charge in [-0.05, 0) is 57.2 Å². The number of para-hydroxylation sites is 1. The number of aromatic nitrogens is 1. The molecule has 3 aromatic rings. The highest BCUT2D eigenvalue weighted by Crippen LogP contribution is 2.35. The minimum atomic E-state index is -4.02. The van der Waals surface area contributed by atoms with Crippen molar-refractivity contribution in [2.45, 2.75) is 44.7 Å². The molecule has 0 bridgehead atoms. The van der Waals surface area contributed by atoms with Crippen molar-refractivity contribution in [3.63, 3.8) is 0 Å². The number of nitrogens with zero attached hydrogens (tertiary/aromatic N) is 3. The summed E-state index contributed by atoms with van der Waals surface area (Å²) in [6.45, 7) is 6.56. The Hall–Kier alpha value is -4.01. The number of nitrogens with one attached hydrogen (secondary N) is 2. The van der Waals surface area contributed by atoms with Crippen molar-refractivity contribution < 1.29 is 36.8 Å². The first-order valence-corrected chi connectivity index (χ1v) is 14.7. The quantitative estimate of drug-likeness (QED) is 0.353. The molecule has 0 spiro atoms. The molecule has 2 aromatic carbocycles. The summed E-state index contributed by atoms with van der Waals surface area (Å²) >= 11 is 0. The highest BCUT2D eigenvalue weighted by Gasteiger charge is 2.36. The Kier molecular flexibility index (Phi) is 9.18. The Bertz CT molecular complexity index is 1540. The standard InChI is InChI=1S/C28H34FN5O7S/c1-16-13-34(17(2)15-35)27(36)22-7-6-8-23(30-28(37)31-25-18(3)32-41-19(25)4)26(22)40-24(16)14-33(5)42(38,39)21-11-9-20(29)10-12-21/h6-12,16-17,24,35H,13-15H2,1-5H3,(H2,30,31,37)/t16-,17-,24+/m0/s1. The maximum absolute atomic E-state index is 13.7. The van der Waals surface area contributed by atoms with Crippen molar-refractivity contribution in [3.8, 4) is 5.75 Å². The molecule has 2 heterocycles. The molecular weight excluding hydrogens is 569 g/mol. The van der Waals surface area contributed by atoms with E-state index in [4.69, 9.17) is 9.26 Å². The number of hydrogen-bond acceptors (Lipinski definition) is 8. The number of rotatable bonds is 8. The number of aliphatic hydroxyl groups excluding tert-OH is 1. The molecule has 3 N–H and O–H groups in total. The Morgan fingerprint density at radius 1 is 1.21 bits per heavy atom. The highest BCUT2D eigenvalue weighted by molar-refractivity contribution is 7.89. The van der Waals surface area contributed by atoms with Gasteiger partial charge in [-0.3, -0.25) is 4.79 Å². The number of aryl methyl sites for hydroxylation is 2. The molecule has 42 heavy (non-hydrogen) atoms. The number of halogens is 1. The summed E-state index contributed by atoms with van der Waals surface area (Å²) in [7, 11) is -2.63. The lowest BCUT2D eigenvalue weighted by molar-refractivity contribution is 0.0389. The average molecular weight is 604 g/mol. The molecule has 4 rings (SSSR count). The molecule has 14 heteroatoms. The molecule has 12 nitrogen and oxygen atoms in total. The van der Waals surface area contributed by atoms with Gasteiger partial charge in [0.2, 0.25) is 10.0 Å². The fourth-order valence-corrected chi connectivity index (χ4v) is 5.81. The lowest BCUT2D eigenvalue weighted by atomic mass is 9.99. The van der Waals surface area contributed by atoms with Gasteiger partial charge in [0.25, 0.3) is 5.91 Å². The van der Waals surface area contributed by atoms with E-state index in [1.807, 2.05) is 0 Å². The van der Waals surface area contributed by atoms with Gasteiger partial charge in [-0.1, -0.05) is 18.1 Å². The highest BCUT2D eigenvalue weighted by atomic mass is 32.2. The fourth-order valence-electron chi connectivity index (χ4n) is 4.63. The van der Waals surface area contributed by atoms with E-state index in [1.165, 1.54) is 30.1 Å². The number of carbonyl (C=O) groups excluding carboxylic acids is 2. The van der Waals surface area contributed by atoms with Crippen LogP contribution in [0.5, 0.6) is 5.75 Å². The number of amides is 3. The van der Waals surface area contributed by atoms with Crippen molar-refractivity contribution in [2.24, 2.45) is 5.92 Å². The Balaban J connectivity index is 1.70. The lowest BCUT2D eigenvalue weighted by Crippen LogP contribution is -2.50. The van der Waals surface area contributed by atoms with E-state index < -0.39 is 45.8 Å². The molecule has 0 fully saturated rings. The van der Waals surface area contributed by atoms with Crippen molar-refractivity contribution in [2.75, 3.05) is 37.4 Å². The third kappa shape index (κ3) is 6.40. The van der Waals surface area contributed by atoms with E-state index in [2.05, 4.69) is 15.8 Å². The van der Waals surface area contributed by atoms with Crippen molar-refractivity contribution in [1.82, 2.24) is 14.4 Å². The first-order chi connectivity index (χ1) is 19.8. The maximum atomic E-state index is 13.7. The molecule has 1 aliphatic rings. The summed E-state index contributed by atoms with van der Waals surface area (Å²) in [5, 5.41) is 19.1. The number of hydrogen-bond donors (Lipinski definition) is 3. The summed E-state index contributed by atoms with van der Waals surface area (Å²) in [5.74, 6) is -0.933. The number of likely N-dealkylation sites (N-methyl/N-ethyl adjacent to an activating group) is 1. The molecule has 0 aliphatic carbocycles. The third-order valence-corrected chi connectivity index (χ3v) is 9.01. The number of anilines is 2. The third-order valence-electron chi connectivity index (χ3n) is 7.17. The van der Waals surface area contributed by atoms with Gasteiger partial charge in [0.1, 0.15) is 23.3 Å². The Morgan fingerprint density at radius 2 is 1.90 bits per heavy atom. The van der Waals surface area contributed by atoms with Crippen LogP contribution in [0.3, 0.4) is 0 Å². The van der Waals surface area contributed by atoms with E-state index in [0.717, 1.165) is 16.4 Å². The van der Waals surface area contributed by atoms with Gasteiger partial charge < -0.3 is 29.9 Å². The summed E-state index contributed by atoms with van der Waals surface area (Å²) in [6.07, 6.45) is -0.793. The smallest absolute Gasteiger partial charge is 0.323 e. The first kappa shape index (κ1) is 30.9. The van der Waals surface area contributed by atoms with Gasteiger partial charge in [0.05, 0.1) is 35.3 Å². The van der Waals surface area contributed by atoms with Crippen LogP contribution in [0.1, 0.15) is 35.7 Å². The molecule has 0 saturated heterocycles. The number of benzene rings is 2. The lowest BCUT2D eigenvalue weighted by Gasteiger charge is -2.38. The summed E-state index contributed by atoms with van der Waals surface area (Å²) in [5.41, 5.74) is 1.17. The van der Waals surface area contributed by atoms with Gasteiger partial charge in [-0.25, -0.2) is 17.6 Å². The fraction of sp³-hybridized carbons (Fsp3) is 0.393. The number of urea groups is 1. The van der Waals surface area contributed by atoms with Crippen LogP contribution in [-0.2, 0) is 10.0 Å². The topological polar surface area (TPSA) is 154 Å². The predicted octanol–water partition coefficient (Wildman–Crippen LogP) is 3.62. The van der Waals surface area contributed by atoms with Gasteiger partial charge in [0, 0.05) is 19.5 Å². The van der Waals surface area contributed by atoms with Crippen molar-refractivity contribution >= 4 is 33.3 Å². The molecule has 0 radical (unpaired) electrons. The normalized spacial score (nSPS) is 18.1. The molecule has 0 saturated carbocycles. The largest absolute Gasteiger partial charge is 0.486 e. The first-order valence-electron chi connectivity index (χ1n) is 13.3. The maximum Gasteiger partial charge on any atom is 0.323 e. The van der Waals surface area contributed by atoms with Gasteiger partial charge in [-0.15, -0.1) is 0 Å². The van der Waals surface area contributed by atoms with Crippen LogP contribution in [0.2, 0.25) is 0 Å². The zero-order chi connectivity index (χ0) is 30.8. The second-order valence-electron chi connectivity index (χ2n) is 10.3. The van der Waals surface area contributed by atoms with Crippen LogP contribution in [0.4, 0.5) is 20.6 Å². The SMILES string of the molecule is Cc1noc(C)c1NC(=O)Nc1cccc2c1O[C@H](CN(C)S(=O)(=O)c1ccc(F)cc1)[C@@H](C)CN([C@@H](C)CO)C2=O. The second-order valence-corrected chi connectivity index (χ2v) is 12.4. The molecule has 226 valence electrons. The number of carbonyl (C=O) groups is 2. The van der Waals surface area contributed by atoms with Crippen LogP contribution in [0.15, 0.2) is 51.9 Å². The number of fused-ring (bicyclic) bond motifs is 1. The monoisotopic (exact) mass is 603 g/mol. The summed E-state index contributed by atoms with van der Waals surface area (Å²) in [6, 6.07) is 7.99. The minimum Gasteiger partial charge on any atom is -0.486 e. The Morgan fingerprint density at radius 3 is 2.52 bits per heavy atom. The van der Waals surface area contributed by atoms with Crippen LogP contribution >= 0.6 is 0 Å². The second kappa shape index (κ2) is 12.5. The molecule has 1 aromatic heterocycles. The van der Waals surface area contributed by atoms with Crippen LogP contribution in [0.25, 0.3) is 0 Å². The van der Waals surface area contributed by atoms with E-state index in [0.29, 0.717) is 17.1 Å². The van der Waals surface area contributed by atoms with E-state index in [-0.39, 0.29) is 41.6 Å². The number of aliphatic hydroxyl groups is 1. The molecule has 1 aliphatic heterocycles. The summed E-state index contributed by atoms with van der Waals surface area (Å²) < 4.78 is 52.6. The van der Waals surface area contributed by atoms with Gasteiger partial charge in [0.15, 0.2) is 11.5 Å². The predicted molar refractivity (Wildman–Crippen MR) is 152 cm³/mol.